The summed E-state index contributed by atoms with van der Waals surface area (Å²) >= 11 is 0. The van der Waals surface area contributed by atoms with E-state index in [1.165, 1.54) is 19.2 Å². The largest absolute Gasteiger partial charge is 0.320 e. The number of nitro benzene ring substituents is 1. The van der Waals surface area contributed by atoms with Crippen LogP contribution in [0.1, 0.15) is 10.4 Å². The van der Waals surface area contributed by atoms with E-state index in [9.17, 15) is 23.3 Å². The summed E-state index contributed by atoms with van der Waals surface area (Å²) in [6.45, 7) is 0. The molecule has 154 valence electrons. The molecule has 0 heterocycles. The van der Waals surface area contributed by atoms with Crippen LogP contribution in [0, 0.1) is 10.1 Å². The molecular weight excluding hydrogens is 406 g/mol. The summed E-state index contributed by atoms with van der Waals surface area (Å²) in [5.74, 6) is -0.407. The van der Waals surface area contributed by atoms with E-state index in [1.807, 2.05) is 0 Å². The summed E-state index contributed by atoms with van der Waals surface area (Å²) < 4.78 is 25.2. The average molecular weight is 425 g/mol. The van der Waals surface area contributed by atoms with E-state index in [0.29, 0.717) is 16.7 Å². The second-order valence-electron chi connectivity index (χ2n) is 6.59. The molecule has 1 amide bonds. The Bertz CT molecular complexity index is 1210. The Morgan fingerprint density at radius 3 is 2.27 bits per heavy atom. The van der Waals surface area contributed by atoms with Gasteiger partial charge in [0.25, 0.3) is 11.6 Å². The number of non-ortho nitro benzene ring substituents is 1. The van der Waals surface area contributed by atoms with Crippen molar-refractivity contribution in [3.63, 3.8) is 0 Å². The van der Waals surface area contributed by atoms with Gasteiger partial charge in [-0.05, 0) is 35.4 Å². The molecule has 9 heteroatoms. The van der Waals surface area contributed by atoms with Crippen LogP contribution in [0.15, 0.2) is 72.8 Å². The van der Waals surface area contributed by atoms with Crippen molar-refractivity contribution in [3.05, 3.63) is 88.5 Å². The molecule has 0 aromatic heterocycles. The zero-order chi connectivity index (χ0) is 21.9. The SMILES string of the molecule is CN(c1ccc(-c2cccc([N+](=O)[O-])c2)cc1NC(=O)c1ccccc1)S(C)(=O)=O. The lowest BCUT2D eigenvalue weighted by Gasteiger charge is -2.21. The Hall–Kier alpha value is -3.72. The Balaban J connectivity index is 2.08. The maximum absolute atomic E-state index is 12.7. The number of hydrogen-bond donors (Lipinski definition) is 1. The Morgan fingerprint density at radius 1 is 0.967 bits per heavy atom. The highest BCUT2D eigenvalue weighted by Gasteiger charge is 2.19. The maximum Gasteiger partial charge on any atom is 0.270 e. The molecule has 0 atom stereocenters. The number of nitro groups is 1. The summed E-state index contributed by atoms with van der Waals surface area (Å²) in [5, 5.41) is 13.8. The first-order valence-electron chi connectivity index (χ1n) is 8.86. The fourth-order valence-electron chi connectivity index (χ4n) is 2.85. The van der Waals surface area contributed by atoms with Gasteiger partial charge in [-0.25, -0.2) is 8.42 Å². The van der Waals surface area contributed by atoms with Crippen LogP contribution in [0.3, 0.4) is 0 Å². The predicted molar refractivity (Wildman–Crippen MR) is 116 cm³/mol. The lowest BCUT2D eigenvalue weighted by Crippen LogP contribution is -2.26. The first-order chi connectivity index (χ1) is 14.2. The molecular formula is C21H19N3O5S. The number of carbonyl (C=O) groups excluding carboxylic acids is 1. The molecule has 0 aliphatic carbocycles. The Kier molecular flexibility index (Phi) is 5.84. The summed E-state index contributed by atoms with van der Waals surface area (Å²) in [5.41, 5.74) is 2.03. The molecule has 0 bridgehead atoms. The number of anilines is 2. The molecule has 0 aliphatic heterocycles. The van der Waals surface area contributed by atoms with Gasteiger partial charge < -0.3 is 5.32 Å². The van der Waals surface area contributed by atoms with Gasteiger partial charge in [0.1, 0.15) is 0 Å². The van der Waals surface area contributed by atoms with Crippen LogP contribution in [0.5, 0.6) is 0 Å². The molecule has 0 saturated carbocycles. The molecule has 3 aromatic carbocycles. The zero-order valence-electron chi connectivity index (χ0n) is 16.3. The van der Waals surface area contributed by atoms with Crippen LogP contribution < -0.4 is 9.62 Å². The van der Waals surface area contributed by atoms with E-state index in [4.69, 9.17) is 0 Å². The van der Waals surface area contributed by atoms with Crippen molar-refractivity contribution in [2.75, 3.05) is 22.9 Å². The first kappa shape index (κ1) is 21.0. The predicted octanol–water partition coefficient (Wildman–Crippen LogP) is 3.91. The standard InChI is InChI=1S/C21H19N3O5S/c1-23(30(2,28)29)20-12-11-17(16-9-6-10-18(13-16)24(26)27)14-19(20)22-21(25)15-7-4-3-5-8-15/h3-14H,1-2H3,(H,22,25). The van der Waals surface area contributed by atoms with E-state index < -0.39 is 20.9 Å². The molecule has 1 N–H and O–H groups in total. The maximum atomic E-state index is 12.7. The fraction of sp³-hybridized carbons (Fsp3) is 0.0952. The number of carbonyl (C=O) groups is 1. The molecule has 0 fully saturated rings. The monoisotopic (exact) mass is 425 g/mol. The molecule has 0 radical (unpaired) electrons. The second kappa shape index (κ2) is 8.34. The number of amides is 1. The molecule has 0 spiro atoms. The molecule has 0 unspecified atom stereocenters. The third-order valence-electron chi connectivity index (χ3n) is 4.51. The van der Waals surface area contributed by atoms with Crippen molar-refractivity contribution in [1.29, 1.82) is 0 Å². The van der Waals surface area contributed by atoms with Crippen LogP contribution in [-0.2, 0) is 10.0 Å². The highest BCUT2D eigenvalue weighted by Crippen LogP contribution is 2.33. The summed E-state index contributed by atoms with van der Waals surface area (Å²) in [6, 6.07) is 19.3. The highest BCUT2D eigenvalue weighted by atomic mass is 32.2. The third-order valence-corrected chi connectivity index (χ3v) is 5.70. The number of benzene rings is 3. The van der Waals surface area contributed by atoms with Crippen molar-refractivity contribution >= 4 is 33.0 Å². The van der Waals surface area contributed by atoms with Crippen molar-refractivity contribution in [3.8, 4) is 11.1 Å². The van der Waals surface area contributed by atoms with E-state index in [-0.39, 0.29) is 17.1 Å². The van der Waals surface area contributed by atoms with Gasteiger partial charge in [-0.3, -0.25) is 19.2 Å². The van der Waals surface area contributed by atoms with E-state index in [2.05, 4.69) is 5.32 Å². The minimum atomic E-state index is -3.58. The number of rotatable bonds is 6. The van der Waals surface area contributed by atoms with Gasteiger partial charge in [-0.2, -0.15) is 0 Å². The lowest BCUT2D eigenvalue weighted by molar-refractivity contribution is -0.384. The van der Waals surface area contributed by atoms with Crippen LogP contribution in [-0.4, -0.2) is 32.6 Å². The van der Waals surface area contributed by atoms with Crippen LogP contribution in [0.4, 0.5) is 17.1 Å². The van der Waals surface area contributed by atoms with E-state index in [1.54, 1.807) is 60.7 Å². The van der Waals surface area contributed by atoms with E-state index in [0.717, 1.165) is 10.6 Å². The number of nitrogens with one attached hydrogen (secondary N) is 1. The van der Waals surface area contributed by atoms with Gasteiger partial charge in [-0.1, -0.05) is 36.4 Å². The first-order valence-corrected chi connectivity index (χ1v) is 10.7. The van der Waals surface area contributed by atoms with E-state index >= 15 is 0 Å². The second-order valence-corrected chi connectivity index (χ2v) is 8.60. The quantitative estimate of drug-likeness (QED) is 0.476. The van der Waals surface area contributed by atoms with Crippen molar-refractivity contribution < 1.29 is 18.1 Å². The van der Waals surface area contributed by atoms with Gasteiger partial charge in [0, 0.05) is 24.7 Å². The van der Waals surface area contributed by atoms with Gasteiger partial charge in [-0.15, -0.1) is 0 Å². The number of nitrogens with zero attached hydrogens (tertiary/aromatic N) is 2. The molecule has 0 aliphatic rings. The van der Waals surface area contributed by atoms with Gasteiger partial charge in [0.05, 0.1) is 22.6 Å². The molecule has 3 aromatic rings. The Morgan fingerprint density at radius 2 is 1.63 bits per heavy atom. The van der Waals surface area contributed by atoms with Gasteiger partial charge in [0.15, 0.2) is 0 Å². The Labute approximate surface area is 174 Å². The van der Waals surface area contributed by atoms with Crippen molar-refractivity contribution in [1.82, 2.24) is 0 Å². The molecule has 30 heavy (non-hydrogen) atoms. The summed E-state index contributed by atoms with van der Waals surface area (Å²) in [7, 11) is -2.20. The average Bonchev–Trinajstić information content (AvgIpc) is 2.73. The van der Waals surface area contributed by atoms with Crippen LogP contribution in [0.25, 0.3) is 11.1 Å². The fourth-order valence-corrected chi connectivity index (χ4v) is 3.37. The highest BCUT2D eigenvalue weighted by molar-refractivity contribution is 7.92. The van der Waals surface area contributed by atoms with Crippen molar-refractivity contribution in [2.45, 2.75) is 0 Å². The third kappa shape index (κ3) is 4.64. The van der Waals surface area contributed by atoms with Crippen molar-refractivity contribution in [2.24, 2.45) is 0 Å². The van der Waals surface area contributed by atoms with Crippen LogP contribution in [0.2, 0.25) is 0 Å². The normalized spacial score (nSPS) is 11.0. The smallest absolute Gasteiger partial charge is 0.270 e. The topological polar surface area (TPSA) is 110 Å². The number of sulfonamides is 1. The minimum Gasteiger partial charge on any atom is -0.320 e. The minimum absolute atomic E-state index is 0.0697. The molecule has 3 rings (SSSR count). The summed E-state index contributed by atoms with van der Waals surface area (Å²) in [4.78, 5) is 23.3. The zero-order valence-corrected chi connectivity index (χ0v) is 17.1. The molecule has 8 nitrogen and oxygen atoms in total. The lowest BCUT2D eigenvalue weighted by atomic mass is 10.0. The van der Waals surface area contributed by atoms with Gasteiger partial charge in [0.2, 0.25) is 10.0 Å². The summed E-state index contributed by atoms with van der Waals surface area (Å²) in [6.07, 6.45) is 1.06. The number of hydrogen-bond acceptors (Lipinski definition) is 5. The van der Waals surface area contributed by atoms with Crippen LogP contribution >= 0.6 is 0 Å². The molecule has 0 saturated heterocycles. The van der Waals surface area contributed by atoms with Gasteiger partial charge >= 0.3 is 0 Å².